The van der Waals surface area contributed by atoms with E-state index in [2.05, 4.69) is 9.46 Å². The van der Waals surface area contributed by atoms with Crippen LogP contribution in [0.1, 0.15) is 18.4 Å². The van der Waals surface area contributed by atoms with Crippen molar-refractivity contribution in [2.45, 2.75) is 19.8 Å². The summed E-state index contributed by atoms with van der Waals surface area (Å²) in [6.07, 6.45) is 0.200. The SMILES string of the molecule is COC(=O)CCCS(=O)(=O)Nc1c(C)cccc1O. The quantitative estimate of drug-likeness (QED) is 0.609. The molecule has 0 heterocycles. The molecule has 0 atom stereocenters. The average molecular weight is 287 g/mol. The molecule has 0 aliphatic rings. The van der Waals surface area contributed by atoms with Crippen LogP contribution in [-0.4, -0.2) is 32.4 Å². The van der Waals surface area contributed by atoms with Crippen molar-refractivity contribution in [3.63, 3.8) is 0 Å². The van der Waals surface area contributed by atoms with E-state index in [9.17, 15) is 18.3 Å². The first-order valence-electron chi connectivity index (χ1n) is 5.71. The number of hydrogen-bond donors (Lipinski definition) is 2. The van der Waals surface area contributed by atoms with Crippen LogP contribution in [0.2, 0.25) is 0 Å². The molecular formula is C12H17NO5S. The van der Waals surface area contributed by atoms with Crippen LogP contribution < -0.4 is 4.72 Å². The van der Waals surface area contributed by atoms with Crippen LogP contribution in [0.4, 0.5) is 5.69 Å². The van der Waals surface area contributed by atoms with Crippen molar-refractivity contribution in [2.75, 3.05) is 17.6 Å². The fourth-order valence-corrected chi connectivity index (χ4v) is 2.70. The predicted octanol–water partition coefficient (Wildman–Crippen LogP) is 1.40. The summed E-state index contributed by atoms with van der Waals surface area (Å²) in [4.78, 5) is 10.9. The summed E-state index contributed by atoms with van der Waals surface area (Å²) in [7, 11) is -2.35. The third kappa shape index (κ3) is 4.78. The predicted molar refractivity (Wildman–Crippen MR) is 71.5 cm³/mol. The molecule has 0 bridgehead atoms. The molecule has 1 rings (SSSR count). The molecule has 2 N–H and O–H groups in total. The molecular weight excluding hydrogens is 270 g/mol. The lowest BCUT2D eigenvalue weighted by molar-refractivity contribution is -0.140. The zero-order chi connectivity index (χ0) is 14.5. The van der Waals surface area contributed by atoms with Crippen molar-refractivity contribution >= 4 is 21.7 Å². The smallest absolute Gasteiger partial charge is 0.305 e. The maximum absolute atomic E-state index is 11.8. The normalized spacial score (nSPS) is 11.1. The molecule has 0 saturated carbocycles. The van der Waals surface area contributed by atoms with Gasteiger partial charge in [0.1, 0.15) is 5.75 Å². The Morgan fingerprint density at radius 3 is 2.68 bits per heavy atom. The maximum atomic E-state index is 11.8. The van der Waals surface area contributed by atoms with Gasteiger partial charge in [-0.3, -0.25) is 9.52 Å². The number of aromatic hydroxyl groups is 1. The highest BCUT2D eigenvalue weighted by molar-refractivity contribution is 7.92. The molecule has 0 aromatic heterocycles. The van der Waals surface area contributed by atoms with Crippen molar-refractivity contribution in [1.82, 2.24) is 0 Å². The molecule has 0 aliphatic carbocycles. The lowest BCUT2D eigenvalue weighted by Gasteiger charge is -2.11. The summed E-state index contributed by atoms with van der Waals surface area (Å²) < 4.78 is 30.3. The Bertz CT molecular complexity index is 533. The molecule has 0 spiro atoms. The molecule has 106 valence electrons. The van der Waals surface area contributed by atoms with Crippen LogP contribution in [0, 0.1) is 6.92 Å². The molecule has 0 aliphatic heterocycles. The van der Waals surface area contributed by atoms with Gasteiger partial charge in [0, 0.05) is 6.42 Å². The number of carbonyl (C=O) groups is 1. The van der Waals surface area contributed by atoms with E-state index in [4.69, 9.17) is 0 Å². The average Bonchev–Trinajstić information content (AvgIpc) is 2.33. The Morgan fingerprint density at radius 2 is 2.11 bits per heavy atom. The second kappa shape index (κ2) is 6.42. The van der Waals surface area contributed by atoms with E-state index in [1.165, 1.54) is 13.2 Å². The highest BCUT2D eigenvalue weighted by atomic mass is 32.2. The van der Waals surface area contributed by atoms with Gasteiger partial charge < -0.3 is 9.84 Å². The molecule has 1 aromatic carbocycles. The topological polar surface area (TPSA) is 92.7 Å². The van der Waals surface area contributed by atoms with Crippen LogP contribution in [0.15, 0.2) is 18.2 Å². The number of anilines is 1. The van der Waals surface area contributed by atoms with Gasteiger partial charge in [-0.15, -0.1) is 0 Å². The minimum absolute atomic E-state index is 0.0389. The van der Waals surface area contributed by atoms with E-state index in [1.54, 1.807) is 19.1 Å². The van der Waals surface area contributed by atoms with Gasteiger partial charge in [0.2, 0.25) is 10.0 Å². The fraction of sp³-hybridized carbons (Fsp3) is 0.417. The molecule has 6 nitrogen and oxygen atoms in total. The molecule has 0 unspecified atom stereocenters. The lowest BCUT2D eigenvalue weighted by Crippen LogP contribution is -2.18. The number of methoxy groups -OCH3 is 1. The number of aryl methyl sites for hydroxylation is 1. The summed E-state index contributed by atoms with van der Waals surface area (Å²) in [6.45, 7) is 1.69. The van der Waals surface area contributed by atoms with E-state index in [0.29, 0.717) is 5.56 Å². The van der Waals surface area contributed by atoms with Gasteiger partial charge in [0.25, 0.3) is 0 Å². The zero-order valence-electron chi connectivity index (χ0n) is 10.8. The van der Waals surface area contributed by atoms with E-state index >= 15 is 0 Å². The Morgan fingerprint density at radius 1 is 1.42 bits per heavy atom. The van der Waals surface area contributed by atoms with Gasteiger partial charge in [0.15, 0.2) is 0 Å². The molecule has 0 radical (unpaired) electrons. The summed E-state index contributed by atoms with van der Waals surface area (Å²) in [5, 5.41) is 9.61. The number of phenols is 1. The van der Waals surface area contributed by atoms with Crippen molar-refractivity contribution in [2.24, 2.45) is 0 Å². The number of ether oxygens (including phenoxy) is 1. The van der Waals surface area contributed by atoms with Gasteiger partial charge in [-0.05, 0) is 25.0 Å². The summed E-state index contributed by atoms with van der Waals surface area (Å²) in [5.41, 5.74) is 0.789. The monoisotopic (exact) mass is 287 g/mol. The first-order valence-corrected chi connectivity index (χ1v) is 7.37. The Labute approximate surface area is 112 Å². The van der Waals surface area contributed by atoms with Crippen LogP contribution >= 0.6 is 0 Å². The third-order valence-corrected chi connectivity index (χ3v) is 3.87. The van der Waals surface area contributed by atoms with Gasteiger partial charge in [-0.2, -0.15) is 0 Å². The highest BCUT2D eigenvalue weighted by Gasteiger charge is 2.15. The Balaban J connectivity index is 2.67. The summed E-state index contributed by atoms with van der Waals surface area (Å²) >= 11 is 0. The van der Waals surface area contributed by atoms with Crippen LogP contribution in [0.3, 0.4) is 0 Å². The summed E-state index contributed by atoms with van der Waals surface area (Å²) in [6, 6.07) is 4.71. The number of sulfonamides is 1. The number of para-hydroxylation sites is 1. The Hall–Kier alpha value is -1.76. The maximum Gasteiger partial charge on any atom is 0.305 e. The molecule has 0 fully saturated rings. The van der Waals surface area contributed by atoms with E-state index in [-0.39, 0.29) is 30.0 Å². The molecule has 0 amide bonds. The van der Waals surface area contributed by atoms with Crippen molar-refractivity contribution in [1.29, 1.82) is 0 Å². The third-order valence-electron chi connectivity index (χ3n) is 2.53. The first kappa shape index (κ1) is 15.3. The Kier molecular flexibility index (Phi) is 5.17. The number of hydrogen-bond acceptors (Lipinski definition) is 5. The molecule has 19 heavy (non-hydrogen) atoms. The first-order chi connectivity index (χ1) is 8.85. The van der Waals surface area contributed by atoms with Crippen LogP contribution in [0.25, 0.3) is 0 Å². The minimum atomic E-state index is -3.60. The number of carbonyl (C=O) groups excluding carboxylic acids is 1. The zero-order valence-corrected chi connectivity index (χ0v) is 11.7. The molecule has 1 aromatic rings. The van der Waals surface area contributed by atoms with E-state index in [0.717, 1.165) is 0 Å². The van der Waals surface area contributed by atoms with E-state index < -0.39 is 16.0 Å². The molecule has 0 saturated heterocycles. The van der Waals surface area contributed by atoms with Crippen LogP contribution in [0.5, 0.6) is 5.75 Å². The summed E-state index contributed by atoms with van der Waals surface area (Å²) in [5.74, 6) is -0.791. The number of esters is 1. The van der Waals surface area contributed by atoms with Gasteiger partial charge >= 0.3 is 5.97 Å². The second-order valence-corrected chi connectivity index (χ2v) is 5.91. The largest absolute Gasteiger partial charge is 0.506 e. The minimum Gasteiger partial charge on any atom is -0.506 e. The van der Waals surface area contributed by atoms with Gasteiger partial charge in [-0.25, -0.2) is 8.42 Å². The van der Waals surface area contributed by atoms with Crippen molar-refractivity contribution in [3.05, 3.63) is 23.8 Å². The lowest BCUT2D eigenvalue weighted by atomic mass is 10.2. The second-order valence-electron chi connectivity index (χ2n) is 4.07. The standard InChI is InChI=1S/C12H17NO5S/c1-9-5-3-6-10(14)12(9)13-19(16,17)8-4-7-11(15)18-2/h3,5-6,13-14H,4,7-8H2,1-2H3. The molecule has 7 heteroatoms. The number of phenolic OH excluding ortho intramolecular Hbond substituents is 1. The van der Waals surface area contributed by atoms with Crippen LogP contribution in [-0.2, 0) is 19.6 Å². The highest BCUT2D eigenvalue weighted by Crippen LogP contribution is 2.27. The number of benzene rings is 1. The van der Waals surface area contributed by atoms with Gasteiger partial charge in [0.05, 0.1) is 18.6 Å². The van der Waals surface area contributed by atoms with Crippen molar-refractivity contribution < 1.29 is 23.1 Å². The number of rotatable bonds is 6. The van der Waals surface area contributed by atoms with Crippen molar-refractivity contribution in [3.8, 4) is 5.75 Å². The van der Waals surface area contributed by atoms with Gasteiger partial charge in [-0.1, -0.05) is 12.1 Å². The fourth-order valence-electron chi connectivity index (χ4n) is 1.50. The van der Waals surface area contributed by atoms with E-state index in [1.807, 2.05) is 0 Å². The number of nitrogens with one attached hydrogen (secondary N) is 1.